The van der Waals surface area contributed by atoms with Crippen molar-refractivity contribution in [1.82, 2.24) is 4.90 Å². The summed E-state index contributed by atoms with van der Waals surface area (Å²) in [5.41, 5.74) is 0. The maximum atomic E-state index is 5.25. The summed E-state index contributed by atoms with van der Waals surface area (Å²) in [6, 6.07) is 0. The molecule has 1 aliphatic rings. The summed E-state index contributed by atoms with van der Waals surface area (Å²) in [6.45, 7) is 7.03. The topological polar surface area (TPSA) is 12.5 Å². The molecule has 0 bridgehead atoms. The van der Waals surface area contributed by atoms with Crippen molar-refractivity contribution in [2.45, 2.75) is 18.9 Å². The SMILES string of the molecule is [CH2]CN1CCCC(OC)C1. The zero-order chi connectivity index (χ0) is 7.40. The molecular formula is C8H16NO. The molecule has 1 heterocycles. The molecule has 1 aliphatic heterocycles. The van der Waals surface area contributed by atoms with Crippen LogP contribution in [-0.4, -0.2) is 37.7 Å². The molecule has 0 saturated carbocycles. The van der Waals surface area contributed by atoms with Crippen LogP contribution in [-0.2, 0) is 4.74 Å². The highest BCUT2D eigenvalue weighted by Crippen LogP contribution is 2.11. The van der Waals surface area contributed by atoms with Crippen molar-refractivity contribution in [3.05, 3.63) is 6.92 Å². The first-order valence-corrected chi connectivity index (χ1v) is 3.91. The highest BCUT2D eigenvalue weighted by molar-refractivity contribution is 4.72. The normalized spacial score (nSPS) is 28.8. The second kappa shape index (κ2) is 3.94. The van der Waals surface area contributed by atoms with E-state index >= 15 is 0 Å². The average Bonchev–Trinajstić information content (AvgIpc) is 2.05. The molecule has 1 radical (unpaired) electrons. The van der Waals surface area contributed by atoms with Gasteiger partial charge in [0.05, 0.1) is 6.10 Å². The Bertz CT molecular complexity index is 85.3. The lowest BCUT2D eigenvalue weighted by atomic mass is 10.1. The van der Waals surface area contributed by atoms with Gasteiger partial charge in [-0.3, -0.25) is 0 Å². The van der Waals surface area contributed by atoms with Crippen LogP contribution in [0.25, 0.3) is 0 Å². The molecule has 2 nitrogen and oxygen atoms in total. The van der Waals surface area contributed by atoms with Crippen molar-refractivity contribution in [2.24, 2.45) is 0 Å². The summed E-state index contributed by atoms with van der Waals surface area (Å²) in [4.78, 5) is 2.33. The lowest BCUT2D eigenvalue weighted by Gasteiger charge is -2.30. The van der Waals surface area contributed by atoms with Crippen LogP contribution < -0.4 is 0 Å². The first-order chi connectivity index (χ1) is 4.86. The Kier molecular flexibility index (Phi) is 3.16. The molecule has 0 aliphatic carbocycles. The van der Waals surface area contributed by atoms with E-state index in [1.165, 1.54) is 19.4 Å². The number of piperidine rings is 1. The highest BCUT2D eigenvalue weighted by atomic mass is 16.5. The van der Waals surface area contributed by atoms with Gasteiger partial charge in [-0.05, 0) is 32.9 Å². The highest BCUT2D eigenvalue weighted by Gasteiger charge is 2.17. The third-order valence-electron chi connectivity index (χ3n) is 2.11. The zero-order valence-corrected chi connectivity index (χ0v) is 6.68. The van der Waals surface area contributed by atoms with Gasteiger partial charge in [-0.15, -0.1) is 0 Å². The van der Waals surface area contributed by atoms with E-state index in [1.807, 2.05) is 0 Å². The maximum absolute atomic E-state index is 5.25. The molecule has 1 atom stereocenters. The van der Waals surface area contributed by atoms with E-state index in [4.69, 9.17) is 4.74 Å². The summed E-state index contributed by atoms with van der Waals surface area (Å²) in [6.07, 6.45) is 2.93. The van der Waals surface area contributed by atoms with E-state index in [2.05, 4.69) is 11.8 Å². The van der Waals surface area contributed by atoms with E-state index in [9.17, 15) is 0 Å². The molecule has 1 unspecified atom stereocenters. The van der Waals surface area contributed by atoms with Crippen LogP contribution in [0.15, 0.2) is 0 Å². The number of hydrogen-bond acceptors (Lipinski definition) is 2. The Morgan fingerprint density at radius 1 is 1.70 bits per heavy atom. The lowest BCUT2D eigenvalue weighted by molar-refractivity contribution is 0.0354. The van der Waals surface area contributed by atoms with Gasteiger partial charge in [0.25, 0.3) is 0 Å². The van der Waals surface area contributed by atoms with Crippen LogP contribution in [0.5, 0.6) is 0 Å². The third kappa shape index (κ3) is 1.96. The smallest absolute Gasteiger partial charge is 0.0698 e. The van der Waals surface area contributed by atoms with Gasteiger partial charge in [-0.25, -0.2) is 0 Å². The molecule has 59 valence electrons. The number of methoxy groups -OCH3 is 1. The predicted molar refractivity (Wildman–Crippen MR) is 41.8 cm³/mol. The van der Waals surface area contributed by atoms with Gasteiger partial charge < -0.3 is 9.64 Å². The molecular weight excluding hydrogens is 126 g/mol. The fourth-order valence-electron chi connectivity index (χ4n) is 1.41. The quantitative estimate of drug-likeness (QED) is 0.568. The van der Waals surface area contributed by atoms with Crippen LogP contribution in [0.1, 0.15) is 12.8 Å². The third-order valence-corrected chi connectivity index (χ3v) is 2.11. The molecule has 0 N–H and O–H groups in total. The van der Waals surface area contributed by atoms with Crippen molar-refractivity contribution >= 4 is 0 Å². The van der Waals surface area contributed by atoms with Crippen LogP contribution in [0.4, 0.5) is 0 Å². The van der Waals surface area contributed by atoms with Crippen LogP contribution in [0.2, 0.25) is 0 Å². The predicted octanol–water partition coefficient (Wildman–Crippen LogP) is 0.931. The fraction of sp³-hybridized carbons (Fsp3) is 0.875. The van der Waals surface area contributed by atoms with Gasteiger partial charge in [0.1, 0.15) is 0 Å². The summed E-state index contributed by atoms with van der Waals surface area (Å²) in [7, 11) is 1.79. The second-order valence-electron chi connectivity index (χ2n) is 2.80. The van der Waals surface area contributed by atoms with Gasteiger partial charge in [0, 0.05) is 13.7 Å². The van der Waals surface area contributed by atoms with E-state index in [0.29, 0.717) is 6.10 Å². The summed E-state index contributed by atoms with van der Waals surface area (Å²) in [5.74, 6) is 0. The molecule has 0 aromatic carbocycles. The monoisotopic (exact) mass is 142 g/mol. The number of hydrogen-bond donors (Lipinski definition) is 0. The van der Waals surface area contributed by atoms with Crippen molar-refractivity contribution in [2.75, 3.05) is 26.7 Å². The minimum Gasteiger partial charge on any atom is -0.380 e. The van der Waals surface area contributed by atoms with Crippen LogP contribution in [0, 0.1) is 6.92 Å². The van der Waals surface area contributed by atoms with Crippen molar-refractivity contribution in [3.63, 3.8) is 0 Å². The Morgan fingerprint density at radius 2 is 2.50 bits per heavy atom. The van der Waals surface area contributed by atoms with Gasteiger partial charge >= 0.3 is 0 Å². The number of rotatable bonds is 2. The molecule has 1 saturated heterocycles. The Hall–Kier alpha value is -0.0800. The number of nitrogens with zero attached hydrogens (tertiary/aromatic N) is 1. The fourth-order valence-corrected chi connectivity index (χ4v) is 1.41. The Balaban J connectivity index is 2.25. The standard InChI is InChI=1S/C8H16NO/c1-3-9-6-4-5-8(7-9)10-2/h8H,1,3-7H2,2H3. The molecule has 1 fully saturated rings. The van der Waals surface area contributed by atoms with Crippen molar-refractivity contribution < 1.29 is 4.74 Å². The molecule has 1 rings (SSSR count). The van der Waals surface area contributed by atoms with E-state index in [-0.39, 0.29) is 0 Å². The molecule has 2 heteroatoms. The van der Waals surface area contributed by atoms with Crippen LogP contribution >= 0.6 is 0 Å². The van der Waals surface area contributed by atoms with Gasteiger partial charge in [0.2, 0.25) is 0 Å². The Labute approximate surface area is 63.2 Å². The molecule has 0 aromatic heterocycles. The summed E-state index contributed by atoms with van der Waals surface area (Å²) < 4.78 is 5.25. The largest absolute Gasteiger partial charge is 0.380 e. The van der Waals surface area contributed by atoms with Gasteiger partial charge in [-0.1, -0.05) is 0 Å². The van der Waals surface area contributed by atoms with E-state index in [1.54, 1.807) is 7.11 Å². The maximum Gasteiger partial charge on any atom is 0.0698 e. The molecule has 0 spiro atoms. The zero-order valence-electron chi connectivity index (χ0n) is 6.68. The first kappa shape index (κ1) is 8.02. The number of likely N-dealkylation sites (tertiary alicyclic amines) is 1. The summed E-state index contributed by atoms with van der Waals surface area (Å²) >= 11 is 0. The Morgan fingerprint density at radius 3 is 3.10 bits per heavy atom. The molecule has 10 heavy (non-hydrogen) atoms. The van der Waals surface area contributed by atoms with Crippen LogP contribution in [0.3, 0.4) is 0 Å². The molecule has 0 aromatic rings. The second-order valence-corrected chi connectivity index (χ2v) is 2.80. The van der Waals surface area contributed by atoms with Gasteiger partial charge in [0.15, 0.2) is 0 Å². The van der Waals surface area contributed by atoms with Crippen molar-refractivity contribution in [3.8, 4) is 0 Å². The van der Waals surface area contributed by atoms with Gasteiger partial charge in [-0.2, -0.15) is 0 Å². The average molecular weight is 142 g/mol. The molecule has 0 amide bonds. The van der Waals surface area contributed by atoms with Crippen molar-refractivity contribution in [1.29, 1.82) is 0 Å². The first-order valence-electron chi connectivity index (χ1n) is 3.91. The van der Waals surface area contributed by atoms with E-state index < -0.39 is 0 Å². The van der Waals surface area contributed by atoms with E-state index in [0.717, 1.165) is 13.1 Å². The minimum absolute atomic E-state index is 0.454. The summed E-state index contributed by atoms with van der Waals surface area (Å²) in [5, 5.41) is 0. The minimum atomic E-state index is 0.454. The lowest BCUT2D eigenvalue weighted by Crippen LogP contribution is -2.38. The number of ether oxygens (including phenoxy) is 1.